The van der Waals surface area contributed by atoms with E-state index in [1.54, 1.807) is 18.2 Å². The molecule has 0 aliphatic carbocycles. The normalized spacial score (nSPS) is 10.8. The monoisotopic (exact) mass is 403 g/mol. The van der Waals surface area contributed by atoms with E-state index in [9.17, 15) is 10.1 Å². The molecule has 0 heterocycles. The van der Waals surface area contributed by atoms with Gasteiger partial charge in [0.1, 0.15) is 11.6 Å². The fourth-order valence-corrected chi connectivity index (χ4v) is 2.60. The van der Waals surface area contributed by atoms with Gasteiger partial charge in [-0.15, -0.1) is 0 Å². The summed E-state index contributed by atoms with van der Waals surface area (Å²) in [6.45, 7) is 2.36. The summed E-state index contributed by atoms with van der Waals surface area (Å²) in [5.74, 6) is -0.482. The number of nitrogens with one attached hydrogen (secondary N) is 2. The van der Waals surface area contributed by atoms with Gasteiger partial charge < -0.3 is 10.6 Å². The molecular weight excluding hydrogens is 390 g/mol. The van der Waals surface area contributed by atoms with Crippen molar-refractivity contribution in [3.63, 3.8) is 0 Å². The predicted molar refractivity (Wildman–Crippen MR) is 99.5 cm³/mol. The van der Waals surface area contributed by atoms with Crippen LogP contribution in [0.15, 0.2) is 58.7 Å². The Bertz CT molecular complexity index is 827. The highest BCUT2D eigenvalue weighted by atomic mass is 79.9. The van der Waals surface area contributed by atoms with E-state index in [1.807, 2.05) is 37.3 Å². The van der Waals surface area contributed by atoms with Gasteiger partial charge in [-0.05, 0) is 42.3 Å². The highest BCUT2D eigenvalue weighted by Crippen LogP contribution is 2.20. The van der Waals surface area contributed by atoms with Crippen LogP contribution >= 0.6 is 27.5 Å². The number of amides is 1. The molecule has 2 rings (SSSR count). The summed E-state index contributed by atoms with van der Waals surface area (Å²) in [5, 5.41) is 15.4. The lowest BCUT2D eigenvalue weighted by molar-refractivity contribution is -0.112. The second-order valence-electron chi connectivity index (χ2n) is 5.09. The summed E-state index contributed by atoms with van der Waals surface area (Å²) in [6.07, 6.45) is 1.41. The van der Waals surface area contributed by atoms with Gasteiger partial charge in [-0.25, -0.2) is 0 Å². The number of nitrogens with zero attached hydrogens (tertiary/aromatic N) is 1. The molecule has 0 aromatic heterocycles. The zero-order valence-corrected chi connectivity index (χ0v) is 15.3. The molecule has 0 saturated heterocycles. The zero-order chi connectivity index (χ0) is 17.5. The highest BCUT2D eigenvalue weighted by molar-refractivity contribution is 9.10. The van der Waals surface area contributed by atoms with Gasteiger partial charge in [0.25, 0.3) is 5.91 Å². The first-order chi connectivity index (χ1) is 11.5. The lowest BCUT2D eigenvalue weighted by Gasteiger charge is -2.08. The van der Waals surface area contributed by atoms with Crippen LogP contribution in [0.5, 0.6) is 0 Å². The van der Waals surface area contributed by atoms with Crippen molar-refractivity contribution >= 4 is 39.1 Å². The summed E-state index contributed by atoms with van der Waals surface area (Å²) in [5.41, 5.74) is 2.47. The summed E-state index contributed by atoms with van der Waals surface area (Å²) in [4.78, 5) is 12.2. The molecule has 24 heavy (non-hydrogen) atoms. The van der Waals surface area contributed by atoms with Crippen LogP contribution in [0.4, 0.5) is 5.69 Å². The molecular formula is C18H15BrClN3O. The molecule has 0 bridgehead atoms. The summed E-state index contributed by atoms with van der Waals surface area (Å²) >= 11 is 9.33. The summed E-state index contributed by atoms with van der Waals surface area (Å²) in [7, 11) is 0. The van der Waals surface area contributed by atoms with Crippen LogP contribution in [0.3, 0.4) is 0 Å². The Kier molecular flexibility index (Phi) is 6.42. The second kappa shape index (κ2) is 8.53. The number of carbonyl (C=O) groups is 1. The van der Waals surface area contributed by atoms with E-state index in [0.29, 0.717) is 17.3 Å². The maximum absolute atomic E-state index is 12.2. The van der Waals surface area contributed by atoms with Crippen molar-refractivity contribution in [1.29, 1.82) is 5.26 Å². The van der Waals surface area contributed by atoms with E-state index in [0.717, 1.165) is 15.6 Å². The van der Waals surface area contributed by atoms with E-state index in [2.05, 4.69) is 26.6 Å². The minimum atomic E-state index is -0.482. The van der Waals surface area contributed by atoms with Gasteiger partial charge in [-0.3, -0.25) is 4.79 Å². The quantitative estimate of drug-likeness (QED) is 0.568. The number of anilines is 1. The van der Waals surface area contributed by atoms with E-state index < -0.39 is 5.91 Å². The molecule has 4 nitrogen and oxygen atoms in total. The molecule has 2 aromatic rings. The number of nitriles is 1. The third-order valence-electron chi connectivity index (χ3n) is 3.25. The molecule has 0 aliphatic heterocycles. The molecule has 0 unspecified atom stereocenters. The Morgan fingerprint density at radius 1 is 1.33 bits per heavy atom. The average Bonchev–Trinajstić information content (AvgIpc) is 2.55. The van der Waals surface area contributed by atoms with Crippen LogP contribution in [0.2, 0.25) is 5.02 Å². The Hall–Kier alpha value is -2.29. The fourth-order valence-electron chi connectivity index (χ4n) is 1.99. The zero-order valence-electron chi connectivity index (χ0n) is 12.9. The van der Waals surface area contributed by atoms with Crippen LogP contribution in [0.25, 0.3) is 0 Å². The van der Waals surface area contributed by atoms with Crippen LogP contribution in [0, 0.1) is 18.3 Å². The van der Waals surface area contributed by atoms with Gasteiger partial charge in [0.15, 0.2) is 0 Å². The number of halogens is 2. The summed E-state index contributed by atoms with van der Waals surface area (Å²) in [6, 6.07) is 14.9. The maximum atomic E-state index is 12.2. The van der Waals surface area contributed by atoms with Crippen LogP contribution in [-0.4, -0.2) is 5.91 Å². The van der Waals surface area contributed by atoms with Crippen molar-refractivity contribution in [2.45, 2.75) is 13.5 Å². The van der Waals surface area contributed by atoms with Gasteiger partial charge >= 0.3 is 0 Å². The third kappa shape index (κ3) is 5.12. The van der Waals surface area contributed by atoms with Gasteiger partial charge in [0.2, 0.25) is 0 Å². The standard InChI is InChI=1S/C18H15BrClN3O/c1-12-5-6-16(20)8-17(12)23-18(24)14(9-21)11-22-10-13-3-2-4-15(19)7-13/h2-8,11,22H,10H2,1H3,(H,23,24)/b14-11-. The van der Waals surface area contributed by atoms with Crippen LogP contribution in [0.1, 0.15) is 11.1 Å². The molecule has 6 heteroatoms. The fraction of sp³-hybridized carbons (Fsp3) is 0.111. The Morgan fingerprint density at radius 2 is 2.12 bits per heavy atom. The maximum Gasteiger partial charge on any atom is 0.267 e. The smallest absolute Gasteiger partial charge is 0.267 e. The lowest BCUT2D eigenvalue weighted by Crippen LogP contribution is -2.17. The minimum Gasteiger partial charge on any atom is -0.386 e. The van der Waals surface area contributed by atoms with E-state index in [4.69, 9.17) is 11.6 Å². The Labute approximate surface area is 154 Å². The molecule has 0 fully saturated rings. The number of carbonyl (C=O) groups excluding carboxylic acids is 1. The van der Waals surface area contributed by atoms with E-state index in [1.165, 1.54) is 6.20 Å². The second-order valence-corrected chi connectivity index (χ2v) is 6.45. The molecule has 1 amide bonds. The molecule has 122 valence electrons. The van der Waals surface area contributed by atoms with Crippen molar-refractivity contribution in [3.8, 4) is 6.07 Å². The molecule has 0 aliphatic rings. The minimum absolute atomic E-state index is 0.00984. The van der Waals surface area contributed by atoms with Crippen molar-refractivity contribution in [1.82, 2.24) is 5.32 Å². The number of hydrogen-bond acceptors (Lipinski definition) is 3. The Morgan fingerprint density at radius 3 is 2.83 bits per heavy atom. The number of aryl methyl sites for hydroxylation is 1. The molecule has 0 atom stereocenters. The van der Waals surface area contributed by atoms with Gasteiger partial charge in [-0.1, -0.05) is 45.7 Å². The predicted octanol–water partition coefficient (Wildman–Crippen LogP) is 4.55. The van der Waals surface area contributed by atoms with Crippen LogP contribution in [-0.2, 0) is 11.3 Å². The Balaban J connectivity index is 2.03. The number of hydrogen-bond donors (Lipinski definition) is 2. The topological polar surface area (TPSA) is 64.9 Å². The van der Waals surface area contributed by atoms with Gasteiger partial charge in [-0.2, -0.15) is 5.26 Å². The highest BCUT2D eigenvalue weighted by Gasteiger charge is 2.11. The molecule has 2 aromatic carbocycles. The van der Waals surface area contributed by atoms with E-state index >= 15 is 0 Å². The first kappa shape index (κ1) is 18.1. The van der Waals surface area contributed by atoms with Crippen molar-refractivity contribution in [2.24, 2.45) is 0 Å². The third-order valence-corrected chi connectivity index (χ3v) is 3.98. The molecule has 0 spiro atoms. The number of benzene rings is 2. The number of rotatable bonds is 5. The van der Waals surface area contributed by atoms with E-state index in [-0.39, 0.29) is 5.57 Å². The largest absolute Gasteiger partial charge is 0.386 e. The molecule has 0 saturated carbocycles. The van der Waals surface area contributed by atoms with Crippen molar-refractivity contribution in [3.05, 3.63) is 74.9 Å². The van der Waals surface area contributed by atoms with Crippen molar-refractivity contribution < 1.29 is 4.79 Å². The SMILES string of the molecule is Cc1ccc(Cl)cc1NC(=O)/C(C#N)=C\NCc1cccc(Br)c1. The lowest BCUT2D eigenvalue weighted by atomic mass is 10.2. The first-order valence-electron chi connectivity index (χ1n) is 7.15. The summed E-state index contributed by atoms with van der Waals surface area (Å²) < 4.78 is 0.973. The van der Waals surface area contributed by atoms with Gasteiger partial charge in [0, 0.05) is 27.9 Å². The van der Waals surface area contributed by atoms with Gasteiger partial charge in [0.05, 0.1) is 0 Å². The first-order valence-corrected chi connectivity index (χ1v) is 8.32. The van der Waals surface area contributed by atoms with Crippen LogP contribution < -0.4 is 10.6 Å². The molecule has 2 N–H and O–H groups in total. The van der Waals surface area contributed by atoms with Crippen molar-refractivity contribution in [2.75, 3.05) is 5.32 Å². The molecule has 0 radical (unpaired) electrons. The average molecular weight is 405 g/mol.